The Morgan fingerprint density at radius 3 is 2.75 bits per heavy atom. The zero-order valence-corrected chi connectivity index (χ0v) is 10.2. The lowest BCUT2D eigenvalue weighted by atomic mass is 10.1. The second-order valence-corrected chi connectivity index (χ2v) is 5.83. The third-order valence-electron chi connectivity index (χ3n) is 3.35. The Balaban J connectivity index is 1.98. The number of carbonyl (C=O) groups is 2. The van der Waals surface area contributed by atoms with Crippen molar-refractivity contribution in [2.45, 2.75) is 25.8 Å². The van der Waals surface area contributed by atoms with Crippen LogP contribution in [0.5, 0.6) is 0 Å². The van der Waals surface area contributed by atoms with Gasteiger partial charge in [-0.1, -0.05) is 6.92 Å². The van der Waals surface area contributed by atoms with Crippen LogP contribution in [0.3, 0.4) is 0 Å². The van der Waals surface area contributed by atoms with Crippen molar-refractivity contribution in [3.05, 3.63) is 0 Å². The topological polar surface area (TPSA) is 57.6 Å². The van der Waals surface area contributed by atoms with Crippen LogP contribution in [-0.4, -0.2) is 46.0 Å². The number of hydrogen-bond acceptors (Lipinski definition) is 3. The molecule has 16 heavy (non-hydrogen) atoms. The van der Waals surface area contributed by atoms with E-state index in [0.29, 0.717) is 12.5 Å². The Kier molecular flexibility index (Phi) is 3.42. The van der Waals surface area contributed by atoms with E-state index >= 15 is 0 Å². The molecule has 0 aromatic heterocycles. The first-order valence-corrected chi connectivity index (χ1v) is 6.85. The highest BCUT2D eigenvalue weighted by molar-refractivity contribution is 7.99. The summed E-state index contributed by atoms with van der Waals surface area (Å²) in [4.78, 5) is 24.6. The van der Waals surface area contributed by atoms with Gasteiger partial charge in [-0.25, -0.2) is 0 Å². The summed E-state index contributed by atoms with van der Waals surface area (Å²) in [5.41, 5.74) is 0. The molecule has 0 aromatic rings. The summed E-state index contributed by atoms with van der Waals surface area (Å²) in [6, 6.07) is -0.100. The average Bonchev–Trinajstić information content (AvgIpc) is 2.94. The smallest absolute Gasteiger partial charge is 0.305 e. The Labute approximate surface area is 99.4 Å². The van der Waals surface area contributed by atoms with E-state index in [9.17, 15) is 9.59 Å². The van der Waals surface area contributed by atoms with Crippen LogP contribution in [0.25, 0.3) is 0 Å². The van der Waals surface area contributed by atoms with E-state index in [-0.39, 0.29) is 24.3 Å². The highest BCUT2D eigenvalue weighted by Crippen LogP contribution is 2.40. The first kappa shape index (κ1) is 11.8. The van der Waals surface area contributed by atoms with E-state index in [1.54, 1.807) is 16.7 Å². The van der Waals surface area contributed by atoms with E-state index in [1.165, 1.54) is 0 Å². The molecular weight excluding hydrogens is 226 g/mol. The van der Waals surface area contributed by atoms with Crippen LogP contribution in [-0.2, 0) is 9.59 Å². The number of carboxylic acid groups (broad SMARTS) is 1. The summed E-state index contributed by atoms with van der Waals surface area (Å²) in [7, 11) is 0. The van der Waals surface area contributed by atoms with Gasteiger partial charge < -0.3 is 10.0 Å². The molecule has 1 amide bonds. The Morgan fingerprint density at radius 1 is 1.50 bits per heavy atom. The average molecular weight is 243 g/mol. The number of thioether (sulfide) groups is 1. The molecule has 5 heteroatoms. The first-order valence-electron chi connectivity index (χ1n) is 5.69. The summed E-state index contributed by atoms with van der Waals surface area (Å²) in [5, 5.41) is 8.82. The Bertz CT molecular complexity index is 308. The molecule has 1 aliphatic heterocycles. The van der Waals surface area contributed by atoms with Gasteiger partial charge in [-0.3, -0.25) is 9.59 Å². The van der Waals surface area contributed by atoms with Crippen molar-refractivity contribution < 1.29 is 14.7 Å². The minimum Gasteiger partial charge on any atom is -0.481 e. The van der Waals surface area contributed by atoms with Crippen molar-refractivity contribution in [2.24, 2.45) is 11.8 Å². The predicted molar refractivity (Wildman–Crippen MR) is 62.3 cm³/mol. The molecule has 0 spiro atoms. The minimum atomic E-state index is -0.811. The molecule has 0 aromatic carbocycles. The molecule has 90 valence electrons. The highest BCUT2D eigenvalue weighted by atomic mass is 32.2. The van der Waals surface area contributed by atoms with E-state index in [4.69, 9.17) is 5.11 Å². The zero-order valence-electron chi connectivity index (χ0n) is 9.39. The Hall–Kier alpha value is -0.710. The number of rotatable bonds is 3. The number of nitrogens with zero attached hydrogens (tertiary/aromatic N) is 1. The van der Waals surface area contributed by atoms with Gasteiger partial charge in [0.25, 0.3) is 0 Å². The fourth-order valence-electron chi connectivity index (χ4n) is 2.19. The molecule has 2 fully saturated rings. The van der Waals surface area contributed by atoms with Gasteiger partial charge in [-0.15, -0.1) is 0 Å². The van der Waals surface area contributed by atoms with Crippen molar-refractivity contribution in [3.8, 4) is 0 Å². The molecule has 1 saturated heterocycles. The van der Waals surface area contributed by atoms with Crippen molar-refractivity contribution in [3.63, 3.8) is 0 Å². The summed E-state index contributed by atoms with van der Waals surface area (Å²) in [6.07, 6.45) is 1.06. The van der Waals surface area contributed by atoms with E-state index in [2.05, 4.69) is 6.92 Å². The minimum absolute atomic E-state index is 0.0832. The number of carboxylic acids is 1. The molecule has 3 unspecified atom stereocenters. The summed E-state index contributed by atoms with van der Waals surface area (Å²) in [6.45, 7) is 2.79. The van der Waals surface area contributed by atoms with Gasteiger partial charge in [0, 0.05) is 24.0 Å². The molecule has 1 N–H and O–H groups in total. The second kappa shape index (κ2) is 4.65. The van der Waals surface area contributed by atoms with Crippen LogP contribution in [0.2, 0.25) is 0 Å². The first-order chi connectivity index (χ1) is 7.59. The lowest BCUT2D eigenvalue weighted by molar-refractivity contribution is -0.141. The van der Waals surface area contributed by atoms with Crippen molar-refractivity contribution in [2.75, 3.05) is 18.1 Å². The largest absolute Gasteiger partial charge is 0.481 e. The van der Waals surface area contributed by atoms with Gasteiger partial charge in [0.15, 0.2) is 0 Å². The lowest BCUT2D eigenvalue weighted by Crippen LogP contribution is -2.47. The van der Waals surface area contributed by atoms with Crippen LogP contribution in [0, 0.1) is 11.8 Å². The van der Waals surface area contributed by atoms with E-state index in [0.717, 1.165) is 17.9 Å². The van der Waals surface area contributed by atoms with Crippen LogP contribution in [0.4, 0.5) is 0 Å². The molecule has 2 aliphatic rings. The Morgan fingerprint density at radius 2 is 2.19 bits per heavy atom. The van der Waals surface area contributed by atoms with Gasteiger partial charge in [0.05, 0.1) is 12.5 Å². The normalized spacial score (nSPS) is 33.6. The van der Waals surface area contributed by atoms with E-state index < -0.39 is 5.97 Å². The summed E-state index contributed by atoms with van der Waals surface area (Å²) in [5.74, 6) is 1.72. The van der Waals surface area contributed by atoms with Gasteiger partial charge in [0.2, 0.25) is 5.91 Å². The fraction of sp³-hybridized carbons (Fsp3) is 0.818. The predicted octanol–water partition coefficient (Wildman–Crippen LogP) is 1.06. The maximum absolute atomic E-state index is 12.1. The number of carbonyl (C=O) groups excluding carboxylic acids is 1. The molecule has 3 atom stereocenters. The molecular formula is C11H17NO3S. The third kappa shape index (κ3) is 2.51. The van der Waals surface area contributed by atoms with Crippen molar-refractivity contribution >= 4 is 23.6 Å². The van der Waals surface area contributed by atoms with Crippen LogP contribution >= 0.6 is 11.8 Å². The highest BCUT2D eigenvalue weighted by Gasteiger charge is 2.43. The summed E-state index contributed by atoms with van der Waals surface area (Å²) >= 11 is 1.74. The fourth-order valence-corrected chi connectivity index (χ4v) is 3.26. The summed E-state index contributed by atoms with van der Waals surface area (Å²) < 4.78 is 0. The standard InChI is InChI=1S/C11H17NO3S/c1-7-4-9(7)11(15)12-2-3-16-6-8(12)5-10(13)14/h7-9H,2-6H2,1H3,(H,13,14). The van der Waals surface area contributed by atoms with Crippen LogP contribution in [0.15, 0.2) is 0 Å². The number of amides is 1. The quantitative estimate of drug-likeness (QED) is 0.805. The molecule has 2 rings (SSSR count). The molecule has 1 saturated carbocycles. The van der Waals surface area contributed by atoms with Gasteiger partial charge >= 0.3 is 5.97 Å². The van der Waals surface area contributed by atoms with E-state index in [1.807, 2.05) is 0 Å². The third-order valence-corrected chi connectivity index (χ3v) is 4.44. The van der Waals surface area contributed by atoms with Crippen LogP contribution in [0.1, 0.15) is 19.8 Å². The van der Waals surface area contributed by atoms with Gasteiger partial charge in [-0.05, 0) is 12.3 Å². The SMILES string of the molecule is CC1CC1C(=O)N1CCSCC1CC(=O)O. The van der Waals surface area contributed by atoms with Gasteiger partial charge in [-0.2, -0.15) is 11.8 Å². The maximum atomic E-state index is 12.1. The lowest BCUT2D eigenvalue weighted by Gasteiger charge is -2.34. The van der Waals surface area contributed by atoms with Gasteiger partial charge in [0.1, 0.15) is 0 Å². The molecule has 4 nitrogen and oxygen atoms in total. The number of hydrogen-bond donors (Lipinski definition) is 1. The monoisotopic (exact) mass is 243 g/mol. The maximum Gasteiger partial charge on any atom is 0.305 e. The molecule has 1 heterocycles. The molecule has 0 radical (unpaired) electrons. The van der Waals surface area contributed by atoms with Crippen LogP contribution < -0.4 is 0 Å². The number of aliphatic carboxylic acids is 1. The zero-order chi connectivity index (χ0) is 11.7. The molecule has 1 aliphatic carbocycles. The molecule has 0 bridgehead atoms. The van der Waals surface area contributed by atoms with Crippen molar-refractivity contribution in [1.82, 2.24) is 4.90 Å². The van der Waals surface area contributed by atoms with Crippen molar-refractivity contribution in [1.29, 1.82) is 0 Å². The second-order valence-electron chi connectivity index (χ2n) is 4.68.